The Balaban J connectivity index is 1.62. The number of pyridine rings is 1. The summed E-state index contributed by atoms with van der Waals surface area (Å²) in [6.45, 7) is 0.450. The molecule has 1 heterocycles. The third-order valence-electron chi connectivity index (χ3n) is 3.73. The molecule has 0 aliphatic carbocycles. The molecule has 3 aromatic rings. The first-order valence-electron chi connectivity index (χ1n) is 8.34. The van der Waals surface area contributed by atoms with Crippen molar-refractivity contribution in [2.75, 3.05) is 7.11 Å². The number of methoxy groups -OCH3 is 1. The average Bonchev–Trinajstić information content (AvgIpc) is 2.74. The summed E-state index contributed by atoms with van der Waals surface area (Å²) >= 11 is 0. The lowest BCUT2D eigenvalue weighted by Gasteiger charge is -2.11. The monoisotopic (exact) mass is 361 g/mol. The Labute approximate surface area is 157 Å². The highest BCUT2D eigenvalue weighted by Crippen LogP contribution is 2.28. The Hall–Kier alpha value is -3.67. The highest BCUT2D eigenvalue weighted by molar-refractivity contribution is 5.94. The Kier molecular flexibility index (Phi) is 6.14. The van der Waals surface area contributed by atoms with Crippen LogP contribution in [0.4, 0.5) is 0 Å². The van der Waals surface area contributed by atoms with E-state index in [2.05, 4.69) is 15.5 Å². The first-order chi connectivity index (χ1) is 13.3. The molecule has 0 unspecified atom stereocenters. The largest absolute Gasteiger partial charge is 0.493 e. The topological polar surface area (TPSA) is 72.8 Å². The molecule has 0 radical (unpaired) electrons. The van der Waals surface area contributed by atoms with Crippen LogP contribution in [0, 0.1) is 0 Å². The summed E-state index contributed by atoms with van der Waals surface area (Å²) in [6.07, 6.45) is 4.62. The van der Waals surface area contributed by atoms with Gasteiger partial charge in [-0.25, -0.2) is 5.43 Å². The lowest BCUT2D eigenvalue weighted by molar-refractivity contribution is 0.0955. The molecule has 0 aliphatic heterocycles. The zero-order chi connectivity index (χ0) is 18.9. The van der Waals surface area contributed by atoms with Gasteiger partial charge < -0.3 is 9.47 Å². The number of nitrogens with zero attached hydrogens (tertiary/aromatic N) is 2. The Morgan fingerprint density at radius 3 is 2.70 bits per heavy atom. The van der Waals surface area contributed by atoms with Gasteiger partial charge in [-0.05, 0) is 41.5 Å². The van der Waals surface area contributed by atoms with Crippen molar-refractivity contribution in [3.63, 3.8) is 0 Å². The number of nitrogens with one attached hydrogen (secondary N) is 1. The highest BCUT2D eigenvalue weighted by Gasteiger charge is 2.06. The molecule has 27 heavy (non-hydrogen) atoms. The van der Waals surface area contributed by atoms with Gasteiger partial charge in [-0.15, -0.1) is 0 Å². The maximum absolute atomic E-state index is 11.9. The van der Waals surface area contributed by atoms with Crippen molar-refractivity contribution in [1.82, 2.24) is 10.4 Å². The van der Waals surface area contributed by atoms with Crippen molar-refractivity contribution < 1.29 is 14.3 Å². The van der Waals surface area contributed by atoms with Crippen LogP contribution >= 0.6 is 0 Å². The molecule has 1 amide bonds. The van der Waals surface area contributed by atoms with Gasteiger partial charge in [-0.2, -0.15) is 5.10 Å². The van der Waals surface area contributed by atoms with Crippen molar-refractivity contribution in [2.24, 2.45) is 5.10 Å². The van der Waals surface area contributed by atoms with E-state index in [4.69, 9.17) is 9.47 Å². The highest BCUT2D eigenvalue weighted by atomic mass is 16.5. The molecule has 136 valence electrons. The Morgan fingerprint density at radius 1 is 1.11 bits per heavy atom. The van der Waals surface area contributed by atoms with Gasteiger partial charge in [0.15, 0.2) is 11.5 Å². The van der Waals surface area contributed by atoms with Gasteiger partial charge in [-0.1, -0.05) is 30.3 Å². The summed E-state index contributed by atoms with van der Waals surface area (Å²) in [5.41, 5.74) is 4.75. The van der Waals surface area contributed by atoms with Gasteiger partial charge in [0.1, 0.15) is 6.61 Å². The van der Waals surface area contributed by atoms with Crippen molar-refractivity contribution in [3.8, 4) is 11.5 Å². The molecule has 0 saturated carbocycles. The second-order valence-corrected chi connectivity index (χ2v) is 5.63. The van der Waals surface area contributed by atoms with Crippen molar-refractivity contribution >= 4 is 12.1 Å². The molecule has 0 fully saturated rings. The number of carbonyl (C=O) groups is 1. The summed E-state index contributed by atoms with van der Waals surface area (Å²) in [7, 11) is 1.58. The third kappa shape index (κ3) is 5.15. The van der Waals surface area contributed by atoms with E-state index in [0.717, 1.165) is 11.1 Å². The van der Waals surface area contributed by atoms with Crippen LogP contribution in [-0.4, -0.2) is 24.2 Å². The summed E-state index contributed by atoms with van der Waals surface area (Å²) < 4.78 is 11.2. The fourth-order valence-corrected chi connectivity index (χ4v) is 2.35. The van der Waals surface area contributed by atoms with Crippen LogP contribution in [0.5, 0.6) is 11.5 Å². The summed E-state index contributed by atoms with van der Waals surface area (Å²) in [5.74, 6) is 0.903. The second-order valence-electron chi connectivity index (χ2n) is 5.63. The molecule has 2 aromatic carbocycles. The smallest absolute Gasteiger partial charge is 0.272 e. The molecule has 0 bridgehead atoms. The maximum atomic E-state index is 11.9. The third-order valence-corrected chi connectivity index (χ3v) is 3.73. The zero-order valence-electron chi connectivity index (χ0n) is 14.8. The number of hydrogen-bond donors (Lipinski definition) is 1. The lowest BCUT2D eigenvalue weighted by atomic mass is 10.2. The van der Waals surface area contributed by atoms with E-state index in [1.807, 2.05) is 42.5 Å². The predicted molar refractivity (Wildman–Crippen MR) is 103 cm³/mol. The molecule has 6 heteroatoms. The number of hydrogen-bond acceptors (Lipinski definition) is 5. The van der Waals surface area contributed by atoms with Gasteiger partial charge in [0.2, 0.25) is 0 Å². The number of hydrazone groups is 1. The minimum atomic E-state index is -0.325. The van der Waals surface area contributed by atoms with Crippen molar-refractivity contribution in [2.45, 2.75) is 6.61 Å². The van der Waals surface area contributed by atoms with E-state index in [1.165, 1.54) is 12.4 Å². The fraction of sp³-hybridized carbons (Fsp3) is 0.0952. The summed E-state index contributed by atoms with van der Waals surface area (Å²) in [5, 5.41) is 3.97. The van der Waals surface area contributed by atoms with Crippen LogP contribution in [0.1, 0.15) is 21.5 Å². The van der Waals surface area contributed by atoms with Crippen LogP contribution in [-0.2, 0) is 6.61 Å². The van der Waals surface area contributed by atoms with Gasteiger partial charge >= 0.3 is 0 Å². The van der Waals surface area contributed by atoms with Gasteiger partial charge in [0.05, 0.1) is 18.9 Å². The number of amides is 1. The van der Waals surface area contributed by atoms with E-state index >= 15 is 0 Å². The molecule has 3 rings (SSSR count). The second kappa shape index (κ2) is 9.15. The van der Waals surface area contributed by atoms with E-state index in [0.29, 0.717) is 23.7 Å². The average molecular weight is 361 g/mol. The Bertz CT molecular complexity index is 912. The Morgan fingerprint density at radius 2 is 1.96 bits per heavy atom. The number of benzene rings is 2. The predicted octanol–water partition coefficient (Wildman–Crippen LogP) is 3.43. The van der Waals surface area contributed by atoms with E-state index in [1.54, 1.807) is 31.5 Å². The standard InChI is InChI=1S/C21H19N3O3/c1-26-20-12-17(13-23-24-21(25)18-8-5-11-22-14-18)9-10-19(20)27-15-16-6-3-2-4-7-16/h2-14H,15H2,1H3,(H,24,25). The normalized spacial score (nSPS) is 10.6. The minimum Gasteiger partial charge on any atom is -0.493 e. The molecular formula is C21H19N3O3. The molecule has 0 spiro atoms. The van der Waals surface area contributed by atoms with Crippen LogP contribution in [0.2, 0.25) is 0 Å². The molecular weight excluding hydrogens is 342 g/mol. The van der Waals surface area contributed by atoms with Gasteiger partial charge in [0.25, 0.3) is 5.91 Å². The van der Waals surface area contributed by atoms with Crippen molar-refractivity contribution in [1.29, 1.82) is 0 Å². The van der Waals surface area contributed by atoms with Gasteiger partial charge in [-0.3, -0.25) is 9.78 Å². The maximum Gasteiger partial charge on any atom is 0.272 e. The van der Waals surface area contributed by atoms with Crippen LogP contribution in [0.3, 0.4) is 0 Å². The fourth-order valence-electron chi connectivity index (χ4n) is 2.35. The first kappa shape index (κ1) is 18.1. The number of carbonyl (C=O) groups excluding carboxylic acids is 1. The van der Waals surface area contributed by atoms with Crippen molar-refractivity contribution in [3.05, 3.63) is 89.7 Å². The zero-order valence-corrected chi connectivity index (χ0v) is 14.8. The van der Waals surface area contributed by atoms with E-state index in [9.17, 15) is 4.79 Å². The SMILES string of the molecule is COc1cc(C=NNC(=O)c2cccnc2)ccc1OCc1ccccc1. The molecule has 1 aromatic heterocycles. The van der Waals surface area contributed by atoms with E-state index in [-0.39, 0.29) is 5.91 Å². The molecule has 0 saturated heterocycles. The van der Waals surface area contributed by atoms with Crippen LogP contribution < -0.4 is 14.9 Å². The lowest BCUT2D eigenvalue weighted by Crippen LogP contribution is -2.17. The quantitative estimate of drug-likeness (QED) is 0.517. The number of ether oxygens (including phenoxy) is 2. The molecule has 0 aliphatic rings. The number of aromatic nitrogens is 1. The summed E-state index contributed by atoms with van der Waals surface area (Å²) in [6, 6.07) is 18.7. The minimum absolute atomic E-state index is 0.325. The van der Waals surface area contributed by atoms with Gasteiger partial charge in [0, 0.05) is 12.4 Å². The summed E-state index contributed by atoms with van der Waals surface area (Å²) in [4.78, 5) is 15.8. The van der Waals surface area contributed by atoms with Crippen LogP contribution in [0.25, 0.3) is 0 Å². The first-order valence-corrected chi connectivity index (χ1v) is 8.34. The molecule has 6 nitrogen and oxygen atoms in total. The molecule has 0 atom stereocenters. The molecule has 1 N–H and O–H groups in total. The number of rotatable bonds is 7. The van der Waals surface area contributed by atoms with E-state index < -0.39 is 0 Å². The van der Waals surface area contributed by atoms with Crippen LogP contribution in [0.15, 0.2) is 78.2 Å².